The maximum Gasteiger partial charge on any atom is 0.393 e. The number of rotatable bonds is 11. The zero-order chi connectivity index (χ0) is 33.2. The molecule has 23 heteroatoms. The fourth-order valence-corrected chi connectivity index (χ4v) is 3.59. The largest absolute Gasteiger partial charge is 0.393 e. The van der Waals surface area contributed by atoms with Crippen molar-refractivity contribution in [2.45, 2.75) is 52.8 Å². The van der Waals surface area contributed by atoms with Crippen LogP contribution < -0.4 is 5.32 Å². The summed E-state index contributed by atoms with van der Waals surface area (Å²) in [6.45, 7) is 0. The summed E-state index contributed by atoms with van der Waals surface area (Å²) in [6, 6.07) is 6.88. The van der Waals surface area contributed by atoms with Gasteiger partial charge in [0, 0.05) is 10.9 Å². The van der Waals surface area contributed by atoms with E-state index < -0.39 is 63.8 Å². The Hall–Kier alpha value is -2.65. The molecular weight excluding hydrogens is 682 g/mol. The van der Waals surface area contributed by atoms with E-state index in [0.29, 0.717) is 0 Å². The molecule has 238 valence electrons. The number of hydrogen-bond acceptors (Lipinski definition) is 3. The number of hydrogen-bond donors (Lipinski definition) is 1. The van der Waals surface area contributed by atoms with E-state index in [4.69, 9.17) is 0 Å². The number of thiazole rings is 1. The van der Waals surface area contributed by atoms with Crippen molar-refractivity contribution in [3.63, 3.8) is 0 Å². The first-order valence-corrected chi connectivity index (χ1v) is 11.1. The van der Waals surface area contributed by atoms with E-state index in [1.54, 1.807) is 0 Å². The van der Waals surface area contributed by atoms with Gasteiger partial charge in [0.2, 0.25) is 0 Å². The summed E-state index contributed by atoms with van der Waals surface area (Å²) in [7, 11) is 0. The minimum atomic E-state index is -8.95. The first-order valence-electron chi connectivity index (χ1n) is 9.88. The quantitative estimate of drug-likeness (QED) is 0.190. The highest BCUT2D eigenvalue weighted by molar-refractivity contribution is 7.14. The number of carbonyl (C=O) groups excluding carboxylic acids is 1. The number of alkyl halides is 19. The van der Waals surface area contributed by atoms with Crippen LogP contribution in [0.5, 0.6) is 0 Å². The van der Waals surface area contributed by atoms with Gasteiger partial charge in [-0.3, -0.25) is 10.1 Å². The van der Waals surface area contributed by atoms with Gasteiger partial charge in [-0.15, -0.1) is 11.3 Å². The molecular formula is C19H7ClF18N2OS. The normalized spacial score (nSPS) is 15.1. The third-order valence-corrected chi connectivity index (χ3v) is 6.19. The predicted molar refractivity (Wildman–Crippen MR) is 107 cm³/mol. The van der Waals surface area contributed by atoms with Crippen LogP contribution in [-0.4, -0.2) is 63.7 Å². The summed E-state index contributed by atoms with van der Waals surface area (Å²) < 4.78 is 244. The number of amides is 1. The molecule has 1 amide bonds. The van der Waals surface area contributed by atoms with Crippen LogP contribution in [0.2, 0.25) is 0 Å². The molecule has 0 spiro atoms. The van der Waals surface area contributed by atoms with Crippen molar-refractivity contribution in [2.24, 2.45) is 0 Å². The minimum absolute atomic E-state index is 0.125. The first-order chi connectivity index (χ1) is 18.5. The molecule has 0 saturated heterocycles. The molecule has 0 bridgehead atoms. The van der Waals surface area contributed by atoms with E-state index in [1.165, 1.54) is 30.3 Å². The molecule has 0 atom stereocenters. The number of carbonyl (C=O) groups is 1. The maximum atomic E-state index is 14.1. The lowest BCUT2D eigenvalue weighted by Gasteiger charge is -2.43. The van der Waals surface area contributed by atoms with Crippen molar-refractivity contribution < 1.29 is 83.8 Å². The lowest BCUT2D eigenvalue weighted by Crippen LogP contribution is -2.76. The topological polar surface area (TPSA) is 42.0 Å². The second-order valence-electron chi connectivity index (χ2n) is 7.95. The highest BCUT2D eigenvalue weighted by Gasteiger charge is 2.96. The number of nitrogens with one attached hydrogen (secondary N) is 1. The van der Waals surface area contributed by atoms with Crippen molar-refractivity contribution >= 4 is 34.0 Å². The molecule has 0 saturated carbocycles. The molecule has 1 aromatic carbocycles. The Labute approximate surface area is 228 Å². The lowest BCUT2D eigenvalue weighted by atomic mass is 9.87. The number of aromatic nitrogens is 1. The van der Waals surface area contributed by atoms with Crippen molar-refractivity contribution in [1.29, 1.82) is 0 Å². The van der Waals surface area contributed by atoms with Gasteiger partial charge < -0.3 is 0 Å². The number of halogens is 19. The van der Waals surface area contributed by atoms with Gasteiger partial charge in [0.15, 0.2) is 5.13 Å². The first kappa shape index (κ1) is 35.5. The van der Waals surface area contributed by atoms with Crippen LogP contribution in [0.25, 0.3) is 11.3 Å². The maximum absolute atomic E-state index is 14.1. The molecule has 0 aliphatic carbocycles. The number of benzene rings is 1. The van der Waals surface area contributed by atoms with Gasteiger partial charge in [-0.2, -0.15) is 79.0 Å². The summed E-state index contributed by atoms with van der Waals surface area (Å²) in [6.07, 6.45) is 0. The molecule has 1 N–H and O–H groups in total. The fraction of sp³-hybridized carbons (Fsp3) is 0.474. The van der Waals surface area contributed by atoms with Gasteiger partial charge in [-0.05, 0) is 11.6 Å². The Bertz CT molecular complexity index is 1290. The van der Waals surface area contributed by atoms with Crippen LogP contribution in [0.1, 0.15) is 0 Å². The van der Waals surface area contributed by atoms with Crippen LogP contribution in [0.15, 0.2) is 35.7 Å². The highest BCUT2D eigenvalue weighted by Crippen LogP contribution is 2.65. The van der Waals surface area contributed by atoms with Crippen LogP contribution in [0.4, 0.5) is 84.2 Å². The number of nitrogens with zero attached hydrogens (tertiary/aromatic N) is 1. The monoisotopic (exact) mass is 688 g/mol. The Balaban J connectivity index is 2.51. The second-order valence-corrected chi connectivity index (χ2v) is 9.28. The van der Waals surface area contributed by atoms with E-state index >= 15 is 0 Å². The SMILES string of the molecule is O=C(Nc1nc(-c2ccccc2)cs1)C(F)(F)C(F)(F)C(F)(F)C(F)(F)C(F)(F)C(F)(F)C(F)(F)C(F)(F)C(F)(F)Cl. The van der Waals surface area contributed by atoms with Gasteiger partial charge in [0.1, 0.15) is 0 Å². The summed E-state index contributed by atoms with van der Waals surface area (Å²) in [4.78, 5) is 15.0. The van der Waals surface area contributed by atoms with Gasteiger partial charge in [-0.25, -0.2) is 4.98 Å². The highest BCUT2D eigenvalue weighted by atomic mass is 35.5. The third kappa shape index (κ3) is 4.90. The predicted octanol–water partition coefficient (Wildman–Crippen LogP) is 8.66. The minimum Gasteiger partial charge on any atom is -0.296 e. The van der Waals surface area contributed by atoms with E-state index in [1.807, 2.05) is 0 Å². The summed E-state index contributed by atoms with van der Waals surface area (Å²) in [5, 5.41) is -6.44. The van der Waals surface area contributed by atoms with Crippen molar-refractivity contribution in [3.05, 3.63) is 35.7 Å². The standard InChI is InChI=1S/C19H7ClF18N2OS/c20-19(37,38)18(35,36)17(33,34)16(31,32)15(29,30)14(27,28)13(25,26)12(23,24)11(21,22)9(41)40-10-39-8(6-42-10)7-4-2-1-3-5-7/h1-6H,(H,39,40,41). The van der Waals surface area contributed by atoms with Crippen molar-refractivity contribution in [1.82, 2.24) is 4.98 Å². The van der Waals surface area contributed by atoms with E-state index in [0.717, 1.165) is 10.7 Å². The van der Waals surface area contributed by atoms with Gasteiger partial charge in [0.05, 0.1) is 5.69 Å². The van der Waals surface area contributed by atoms with Crippen molar-refractivity contribution in [3.8, 4) is 11.3 Å². The average molecular weight is 689 g/mol. The molecule has 0 aliphatic heterocycles. The zero-order valence-corrected chi connectivity index (χ0v) is 20.5. The molecule has 42 heavy (non-hydrogen) atoms. The number of anilines is 1. The fourth-order valence-electron chi connectivity index (χ4n) is 2.75. The zero-order valence-electron chi connectivity index (χ0n) is 18.9. The van der Waals surface area contributed by atoms with Crippen LogP contribution in [0.3, 0.4) is 0 Å². The van der Waals surface area contributed by atoms with Gasteiger partial charge >= 0.3 is 58.7 Å². The van der Waals surface area contributed by atoms with Crippen LogP contribution in [-0.2, 0) is 4.79 Å². The molecule has 2 aromatic rings. The Kier molecular flexibility index (Phi) is 8.65. The van der Waals surface area contributed by atoms with Crippen molar-refractivity contribution in [2.75, 3.05) is 5.32 Å². The molecule has 2 rings (SSSR count). The lowest BCUT2D eigenvalue weighted by molar-refractivity contribution is -0.456. The summed E-state index contributed by atoms with van der Waals surface area (Å²) in [5.41, 5.74) is -0.0139. The van der Waals surface area contributed by atoms with Gasteiger partial charge in [0.25, 0.3) is 0 Å². The van der Waals surface area contributed by atoms with E-state index in [9.17, 15) is 83.8 Å². The second kappa shape index (κ2) is 10.2. The van der Waals surface area contributed by atoms with E-state index in [2.05, 4.69) is 16.6 Å². The van der Waals surface area contributed by atoms with Gasteiger partial charge in [-0.1, -0.05) is 30.3 Å². The average Bonchev–Trinajstić information content (AvgIpc) is 3.31. The molecule has 0 radical (unpaired) electrons. The third-order valence-electron chi connectivity index (χ3n) is 5.20. The van der Waals surface area contributed by atoms with E-state index in [-0.39, 0.29) is 22.6 Å². The van der Waals surface area contributed by atoms with Crippen LogP contribution >= 0.6 is 22.9 Å². The molecule has 0 aliphatic rings. The van der Waals surface area contributed by atoms with Crippen LogP contribution in [0, 0.1) is 0 Å². The molecule has 0 fully saturated rings. The Morgan fingerprint density at radius 3 is 1.40 bits per heavy atom. The molecule has 3 nitrogen and oxygen atoms in total. The smallest absolute Gasteiger partial charge is 0.296 e. The summed E-state index contributed by atoms with van der Waals surface area (Å²) in [5.74, 6) is -71.1. The molecule has 0 unspecified atom stereocenters. The molecule has 1 aromatic heterocycles. The Morgan fingerprint density at radius 2 is 1.00 bits per heavy atom. The molecule has 1 heterocycles. The summed E-state index contributed by atoms with van der Waals surface area (Å²) >= 11 is 3.52. The Morgan fingerprint density at radius 1 is 0.619 bits per heavy atom.